The molecule has 3 heterocycles. The van der Waals surface area contributed by atoms with Gasteiger partial charge in [-0.2, -0.15) is 5.10 Å². The Morgan fingerprint density at radius 1 is 1.14 bits per heavy atom. The predicted molar refractivity (Wildman–Crippen MR) is 110 cm³/mol. The highest BCUT2D eigenvalue weighted by molar-refractivity contribution is 7.16. The van der Waals surface area contributed by atoms with Gasteiger partial charge in [0.15, 0.2) is 0 Å². The second-order valence-corrected chi connectivity index (χ2v) is 7.55. The first-order valence-electron chi connectivity index (χ1n) is 8.80. The molecule has 3 aromatic heterocycles. The van der Waals surface area contributed by atoms with Crippen molar-refractivity contribution < 1.29 is 4.79 Å². The predicted octanol–water partition coefficient (Wildman–Crippen LogP) is 3.21. The largest absolute Gasteiger partial charge is 0.321 e. The summed E-state index contributed by atoms with van der Waals surface area (Å²) in [5, 5.41) is 9.78. The lowest BCUT2D eigenvalue weighted by atomic mass is 10.2. The minimum Gasteiger partial charge on any atom is -0.321 e. The number of fused-ring (bicyclic) bond motifs is 1. The maximum absolute atomic E-state index is 12.6. The first kappa shape index (κ1) is 18.1. The van der Waals surface area contributed by atoms with E-state index >= 15 is 0 Å². The second-order valence-electron chi connectivity index (χ2n) is 6.66. The van der Waals surface area contributed by atoms with Crippen molar-refractivity contribution in [2.45, 2.75) is 27.3 Å². The molecule has 0 spiro atoms. The minimum atomic E-state index is -0.298. The fourth-order valence-electron chi connectivity index (χ4n) is 3.10. The van der Waals surface area contributed by atoms with Gasteiger partial charge in [0.2, 0.25) is 5.91 Å². The van der Waals surface area contributed by atoms with Crippen LogP contribution in [0.1, 0.15) is 17.0 Å². The summed E-state index contributed by atoms with van der Waals surface area (Å²) in [5.74, 6) is -0.298. The summed E-state index contributed by atoms with van der Waals surface area (Å²) in [6.45, 7) is 5.67. The van der Waals surface area contributed by atoms with Gasteiger partial charge < -0.3 is 5.32 Å². The summed E-state index contributed by atoms with van der Waals surface area (Å²) in [4.78, 5) is 29.9. The summed E-state index contributed by atoms with van der Waals surface area (Å²) in [6, 6.07) is 9.74. The minimum absolute atomic E-state index is 0.105. The van der Waals surface area contributed by atoms with E-state index in [1.807, 2.05) is 50.4 Å². The molecule has 0 radical (unpaired) electrons. The van der Waals surface area contributed by atoms with Crippen molar-refractivity contribution >= 4 is 33.1 Å². The number of nitrogens with zero attached hydrogens (tertiary/aromatic N) is 4. The lowest BCUT2D eigenvalue weighted by Crippen LogP contribution is -2.27. The molecule has 28 heavy (non-hydrogen) atoms. The van der Waals surface area contributed by atoms with Crippen molar-refractivity contribution in [1.82, 2.24) is 19.3 Å². The van der Waals surface area contributed by atoms with Gasteiger partial charge >= 0.3 is 0 Å². The Morgan fingerprint density at radius 3 is 2.64 bits per heavy atom. The topological polar surface area (TPSA) is 81.8 Å². The van der Waals surface area contributed by atoms with Gasteiger partial charge in [-0.3, -0.25) is 14.2 Å². The van der Waals surface area contributed by atoms with E-state index in [0.29, 0.717) is 21.6 Å². The van der Waals surface area contributed by atoms with Gasteiger partial charge in [-0.1, -0.05) is 17.7 Å². The number of rotatable bonds is 4. The average Bonchev–Trinajstić information content (AvgIpc) is 3.25. The Morgan fingerprint density at radius 2 is 1.89 bits per heavy atom. The molecule has 4 rings (SSSR count). The lowest BCUT2D eigenvalue weighted by molar-refractivity contribution is -0.116. The van der Waals surface area contributed by atoms with Crippen molar-refractivity contribution in [2.24, 2.45) is 0 Å². The first-order valence-corrected chi connectivity index (χ1v) is 9.68. The van der Waals surface area contributed by atoms with Crippen LogP contribution in [0, 0.1) is 20.8 Å². The summed E-state index contributed by atoms with van der Waals surface area (Å²) >= 11 is 1.40. The number of benzene rings is 1. The number of carbonyl (C=O) groups is 1. The lowest BCUT2D eigenvalue weighted by Gasteiger charge is -2.08. The normalized spacial score (nSPS) is 11.1. The number of nitrogens with one attached hydrogen (secondary N) is 1. The molecule has 0 saturated heterocycles. The molecule has 1 aromatic carbocycles. The van der Waals surface area contributed by atoms with Crippen LogP contribution in [0.15, 0.2) is 46.8 Å². The molecule has 7 nitrogen and oxygen atoms in total. The molecule has 1 N–H and O–H groups in total. The summed E-state index contributed by atoms with van der Waals surface area (Å²) in [7, 11) is 0. The molecule has 0 aliphatic rings. The molecule has 0 saturated carbocycles. The summed E-state index contributed by atoms with van der Waals surface area (Å²) in [5.41, 5.74) is 4.07. The number of amides is 1. The number of hydrogen-bond donors (Lipinski definition) is 1. The second kappa shape index (κ2) is 7.05. The van der Waals surface area contributed by atoms with Gasteiger partial charge in [0.05, 0.1) is 34.5 Å². The Bertz CT molecular complexity index is 1230. The van der Waals surface area contributed by atoms with E-state index in [9.17, 15) is 9.59 Å². The molecule has 0 unspecified atom stereocenters. The van der Waals surface area contributed by atoms with E-state index in [2.05, 4.69) is 15.4 Å². The third kappa shape index (κ3) is 3.22. The monoisotopic (exact) mass is 393 g/mol. The van der Waals surface area contributed by atoms with E-state index in [1.165, 1.54) is 27.8 Å². The molecule has 0 atom stereocenters. The van der Waals surface area contributed by atoms with Gasteiger partial charge in [0.25, 0.3) is 5.56 Å². The molecule has 0 aliphatic carbocycles. The molecule has 0 aliphatic heterocycles. The first-order chi connectivity index (χ1) is 13.4. The zero-order valence-electron chi connectivity index (χ0n) is 15.8. The smallest absolute Gasteiger partial charge is 0.262 e. The molecule has 142 valence electrons. The van der Waals surface area contributed by atoms with Gasteiger partial charge in [0, 0.05) is 0 Å². The van der Waals surface area contributed by atoms with Gasteiger partial charge in [-0.25, -0.2) is 9.67 Å². The standard InChI is InChI=1S/C20H19N5O2S/c1-12-4-6-15(7-5-12)25-14(3)18(13(2)23-25)22-17(26)10-24-11-21-19-16(20(24)27)8-9-28-19/h4-9,11H,10H2,1-3H3,(H,22,26). The van der Waals surface area contributed by atoms with Crippen LogP contribution >= 0.6 is 11.3 Å². The molecule has 0 bridgehead atoms. The third-order valence-electron chi connectivity index (χ3n) is 4.60. The third-order valence-corrected chi connectivity index (χ3v) is 5.42. The van der Waals surface area contributed by atoms with Gasteiger partial charge in [0.1, 0.15) is 11.4 Å². The van der Waals surface area contributed by atoms with Crippen molar-refractivity contribution in [3.63, 3.8) is 0 Å². The summed E-state index contributed by atoms with van der Waals surface area (Å²) < 4.78 is 3.12. The number of hydrogen-bond acceptors (Lipinski definition) is 5. The Hall–Kier alpha value is -3.26. The Labute approximate surface area is 165 Å². The zero-order chi connectivity index (χ0) is 19.8. The van der Waals surface area contributed by atoms with Crippen LogP contribution in [0.2, 0.25) is 0 Å². The van der Waals surface area contributed by atoms with Crippen LogP contribution < -0.4 is 10.9 Å². The molecule has 1 amide bonds. The van der Waals surface area contributed by atoms with E-state index in [0.717, 1.165) is 11.4 Å². The van der Waals surface area contributed by atoms with Crippen LogP contribution in [0.25, 0.3) is 15.9 Å². The molecule has 8 heteroatoms. The zero-order valence-corrected chi connectivity index (χ0v) is 16.6. The van der Waals surface area contributed by atoms with Gasteiger partial charge in [-0.15, -0.1) is 11.3 Å². The highest BCUT2D eigenvalue weighted by Crippen LogP contribution is 2.23. The van der Waals surface area contributed by atoms with Crippen molar-refractivity contribution in [1.29, 1.82) is 0 Å². The molecule has 4 aromatic rings. The fourth-order valence-corrected chi connectivity index (χ4v) is 3.82. The molecular formula is C20H19N5O2S. The van der Waals surface area contributed by atoms with Crippen molar-refractivity contribution in [2.75, 3.05) is 5.32 Å². The SMILES string of the molecule is Cc1ccc(-n2nc(C)c(NC(=O)Cn3cnc4sccc4c3=O)c2C)cc1. The molecular weight excluding hydrogens is 374 g/mol. The van der Waals surface area contributed by atoms with E-state index in [4.69, 9.17) is 0 Å². The van der Waals surface area contributed by atoms with Crippen LogP contribution in [0.4, 0.5) is 5.69 Å². The van der Waals surface area contributed by atoms with Crippen LogP contribution in [-0.4, -0.2) is 25.2 Å². The maximum atomic E-state index is 12.6. The van der Waals surface area contributed by atoms with Crippen molar-refractivity contribution in [3.8, 4) is 5.69 Å². The van der Waals surface area contributed by atoms with Crippen LogP contribution in [0.5, 0.6) is 0 Å². The fraction of sp³-hybridized carbons (Fsp3) is 0.200. The quantitative estimate of drug-likeness (QED) is 0.577. The highest BCUT2D eigenvalue weighted by Gasteiger charge is 2.16. The van der Waals surface area contributed by atoms with Crippen molar-refractivity contribution in [3.05, 3.63) is 69.3 Å². The summed E-state index contributed by atoms with van der Waals surface area (Å²) in [6.07, 6.45) is 1.41. The molecule has 0 fully saturated rings. The number of anilines is 1. The Kier molecular flexibility index (Phi) is 4.56. The van der Waals surface area contributed by atoms with Crippen LogP contribution in [0.3, 0.4) is 0 Å². The number of aromatic nitrogens is 4. The highest BCUT2D eigenvalue weighted by atomic mass is 32.1. The number of aryl methyl sites for hydroxylation is 2. The van der Waals surface area contributed by atoms with E-state index in [-0.39, 0.29) is 18.0 Å². The average molecular weight is 393 g/mol. The van der Waals surface area contributed by atoms with E-state index < -0.39 is 0 Å². The van der Waals surface area contributed by atoms with Crippen LogP contribution in [-0.2, 0) is 11.3 Å². The maximum Gasteiger partial charge on any atom is 0.262 e. The number of carbonyl (C=O) groups excluding carboxylic acids is 1. The Balaban J connectivity index is 1.58. The number of thiophene rings is 1. The van der Waals surface area contributed by atoms with E-state index in [1.54, 1.807) is 10.7 Å². The van der Waals surface area contributed by atoms with Gasteiger partial charge in [-0.05, 0) is 44.4 Å².